The largest absolute Gasteiger partial charge is 0.489 e. The van der Waals surface area contributed by atoms with E-state index in [4.69, 9.17) is 9.47 Å². The molecule has 0 aliphatic carbocycles. The van der Waals surface area contributed by atoms with Crippen LogP contribution in [0.2, 0.25) is 0 Å². The first kappa shape index (κ1) is 32.9. The van der Waals surface area contributed by atoms with Gasteiger partial charge in [0.25, 0.3) is 0 Å². The van der Waals surface area contributed by atoms with Crippen molar-refractivity contribution in [3.63, 3.8) is 0 Å². The van der Waals surface area contributed by atoms with Gasteiger partial charge in [-0.1, -0.05) is 84.9 Å². The molecule has 46 heavy (non-hydrogen) atoms. The van der Waals surface area contributed by atoms with Crippen LogP contribution in [-0.2, 0) is 38.6 Å². The highest BCUT2D eigenvalue weighted by atomic mass is 16.5. The minimum atomic E-state index is -0.581. The van der Waals surface area contributed by atoms with Crippen molar-refractivity contribution >= 4 is 17.8 Å². The highest BCUT2D eigenvalue weighted by molar-refractivity contribution is 5.86. The molecule has 0 radical (unpaired) electrons. The van der Waals surface area contributed by atoms with Gasteiger partial charge in [0.15, 0.2) is 0 Å². The zero-order chi connectivity index (χ0) is 32.1. The van der Waals surface area contributed by atoms with Gasteiger partial charge in [-0.2, -0.15) is 0 Å². The minimum Gasteiger partial charge on any atom is -0.489 e. The van der Waals surface area contributed by atoms with E-state index in [9.17, 15) is 19.5 Å². The van der Waals surface area contributed by atoms with Gasteiger partial charge in [-0.3, -0.25) is 14.4 Å². The molecule has 2 aliphatic rings. The lowest BCUT2D eigenvalue weighted by molar-refractivity contribution is -0.150. The van der Waals surface area contributed by atoms with Crippen LogP contribution in [0.25, 0.3) is 0 Å². The number of rotatable bonds is 10. The average Bonchev–Trinajstić information content (AvgIpc) is 3.57. The quantitative estimate of drug-likeness (QED) is 0.242. The lowest BCUT2D eigenvalue weighted by Gasteiger charge is -2.27. The Bertz CT molecular complexity index is 1440. The predicted molar refractivity (Wildman–Crippen MR) is 176 cm³/mol. The van der Waals surface area contributed by atoms with Gasteiger partial charge in [0.05, 0.1) is 30.5 Å². The first-order valence-electron chi connectivity index (χ1n) is 16.3. The molecule has 2 heterocycles. The molecule has 0 aromatic heterocycles. The summed E-state index contributed by atoms with van der Waals surface area (Å²) >= 11 is 0. The number of amides is 2. The number of hydrogen-bond donors (Lipinski definition) is 2. The monoisotopic (exact) mass is 624 g/mol. The predicted octanol–water partition coefficient (Wildman–Crippen LogP) is 5.03. The first-order valence-corrected chi connectivity index (χ1v) is 16.3. The van der Waals surface area contributed by atoms with Gasteiger partial charge >= 0.3 is 5.97 Å². The van der Waals surface area contributed by atoms with Gasteiger partial charge in [-0.25, -0.2) is 0 Å². The Kier molecular flexibility index (Phi) is 12.0. The molecule has 3 aromatic carbocycles. The summed E-state index contributed by atoms with van der Waals surface area (Å²) in [6.07, 6.45) is 7.34. The number of esters is 1. The molecule has 2 aliphatic heterocycles. The number of ether oxygens (including phenoxy) is 2. The lowest BCUT2D eigenvalue weighted by Crippen LogP contribution is -2.45. The number of nitrogens with zero attached hydrogens (tertiary/aromatic N) is 1. The van der Waals surface area contributed by atoms with Gasteiger partial charge in [-0.05, 0) is 67.3 Å². The van der Waals surface area contributed by atoms with E-state index in [0.29, 0.717) is 38.8 Å². The van der Waals surface area contributed by atoms with Crippen LogP contribution in [0.15, 0.2) is 97.1 Å². The van der Waals surface area contributed by atoms with Crippen LogP contribution in [-0.4, -0.2) is 59.6 Å². The van der Waals surface area contributed by atoms with Crippen LogP contribution < -0.4 is 10.1 Å². The fraction of sp³-hybridized carbons (Fsp3) is 0.395. The van der Waals surface area contributed by atoms with Crippen LogP contribution in [0.5, 0.6) is 5.75 Å². The molecule has 242 valence electrons. The number of carbonyl (C=O) groups is 3. The summed E-state index contributed by atoms with van der Waals surface area (Å²) in [6, 6.07) is 26.8. The Morgan fingerprint density at radius 2 is 1.50 bits per heavy atom. The van der Waals surface area contributed by atoms with Crippen molar-refractivity contribution in [2.24, 2.45) is 11.8 Å². The van der Waals surface area contributed by atoms with E-state index in [1.165, 1.54) is 0 Å². The summed E-state index contributed by atoms with van der Waals surface area (Å²) in [4.78, 5) is 42.0. The second-order valence-electron chi connectivity index (χ2n) is 12.3. The molecule has 0 unspecified atom stereocenters. The molecule has 3 aromatic rings. The third-order valence-corrected chi connectivity index (χ3v) is 8.79. The smallest absolute Gasteiger partial charge is 0.309 e. The van der Waals surface area contributed by atoms with E-state index in [1.807, 2.05) is 97.1 Å². The maximum Gasteiger partial charge on any atom is 0.309 e. The summed E-state index contributed by atoms with van der Waals surface area (Å²) < 4.78 is 11.8. The lowest BCUT2D eigenvalue weighted by atomic mass is 9.94. The van der Waals surface area contributed by atoms with Crippen molar-refractivity contribution in [2.75, 3.05) is 19.8 Å². The van der Waals surface area contributed by atoms with Crippen LogP contribution in [0.4, 0.5) is 0 Å². The summed E-state index contributed by atoms with van der Waals surface area (Å²) in [6.45, 7) is 1.00. The number of hydrogen-bond acceptors (Lipinski definition) is 6. The highest BCUT2D eigenvalue weighted by Crippen LogP contribution is 2.23. The highest BCUT2D eigenvalue weighted by Gasteiger charge is 2.32. The number of carbonyl (C=O) groups excluding carboxylic acids is 3. The Labute approximate surface area is 271 Å². The van der Waals surface area contributed by atoms with Crippen molar-refractivity contribution in [3.05, 3.63) is 114 Å². The summed E-state index contributed by atoms with van der Waals surface area (Å²) in [5.74, 6) is -0.878. The first-order chi connectivity index (χ1) is 22.5. The average molecular weight is 625 g/mol. The van der Waals surface area contributed by atoms with Gasteiger partial charge in [0.2, 0.25) is 11.8 Å². The van der Waals surface area contributed by atoms with Gasteiger partial charge in [-0.15, -0.1) is 0 Å². The Morgan fingerprint density at radius 3 is 2.20 bits per heavy atom. The number of aliphatic hydroxyl groups excluding tert-OH is 1. The molecule has 0 spiro atoms. The fourth-order valence-electron chi connectivity index (χ4n) is 6.17. The molecule has 8 heteroatoms. The van der Waals surface area contributed by atoms with E-state index < -0.39 is 12.0 Å². The summed E-state index contributed by atoms with van der Waals surface area (Å²) in [7, 11) is 0. The molecule has 0 saturated carbocycles. The third kappa shape index (κ3) is 9.54. The van der Waals surface area contributed by atoms with Crippen LogP contribution in [0.1, 0.15) is 48.8 Å². The maximum absolute atomic E-state index is 13.7. The second kappa shape index (κ2) is 16.8. The van der Waals surface area contributed by atoms with E-state index in [1.54, 1.807) is 4.90 Å². The SMILES string of the molecule is O=C1N[C@@H](Cc2ccc(OCc3ccccc3)cc2)COC(=O)[C@H](Cc2ccccc2)CC=CC[C@@H]1CC(=O)N1CCC[C@H]1CO. The number of nitrogens with one attached hydrogen (secondary N) is 1. The number of aliphatic hydroxyl groups is 1. The molecule has 2 N–H and O–H groups in total. The van der Waals surface area contributed by atoms with Crippen molar-refractivity contribution < 1.29 is 29.0 Å². The number of cyclic esters (lactones) is 1. The van der Waals surface area contributed by atoms with Crippen molar-refractivity contribution in [1.82, 2.24) is 10.2 Å². The Morgan fingerprint density at radius 1 is 0.848 bits per heavy atom. The summed E-state index contributed by atoms with van der Waals surface area (Å²) in [5.41, 5.74) is 3.09. The molecule has 2 amide bonds. The van der Waals surface area contributed by atoms with Gasteiger partial charge in [0.1, 0.15) is 19.0 Å². The zero-order valence-corrected chi connectivity index (χ0v) is 26.3. The third-order valence-electron chi connectivity index (χ3n) is 8.79. The Balaban J connectivity index is 1.30. The van der Waals surface area contributed by atoms with Crippen LogP contribution >= 0.6 is 0 Å². The maximum atomic E-state index is 13.7. The fourth-order valence-corrected chi connectivity index (χ4v) is 6.17. The van der Waals surface area contributed by atoms with Crippen molar-refractivity contribution in [3.8, 4) is 5.75 Å². The topological polar surface area (TPSA) is 105 Å². The van der Waals surface area contributed by atoms with E-state index >= 15 is 0 Å². The number of allylic oxidation sites excluding steroid dienone is 2. The molecule has 1 fully saturated rings. The molecular formula is C38H44N2O6. The van der Waals surface area contributed by atoms with E-state index in [0.717, 1.165) is 35.3 Å². The second-order valence-corrected chi connectivity index (χ2v) is 12.3. The standard InChI is InChI=1S/C38H44N2O6/c41-25-34-16-9-21-40(34)36(42)24-31-14-7-8-15-32(22-28-10-3-1-4-11-28)38(44)46-27-33(39-37(31)43)23-29-17-19-35(20-18-29)45-26-30-12-5-2-6-13-30/h1-8,10-13,17-20,31-34,41H,9,14-16,21-27H2,(H,39,43)/t31-,32+,33+,34+/m1/s1. The van der Waals surface area contributed by atoms with E-state index in [-0.39, 0.29) is 49.4 Å². The van der Waals surface area contributed by atoms with Crippen LogP contribution in [0, 0.1) is 11.8 Å². The number of benzene rings is 3. The normalized spacial score (nSPS) is 22.3. The Hall–Kier alpha value is -4.43. The van der Waals surface area contributed by atoms with Crippen molar-refractivity contribution in [2.45, 2.75) is 63.6 Å². The molecule has 5 rings (SSSR count). The molecule has 0 bridgehead atoms. The number of likely N-dealkylation sites (tertiary alicyclic amines) is 1. The van der Waals surface area contributed by atoms with Crippen LogP contribution in [0.3, 0.4) is 0 Å². The van der Waals surface area contributed by atoms with E-state index in [2.05, 4.69) is 5.32 Å². The molecule has 1 saturated heterocycles. The van der Waals surface area contributed by atoms with Gasteiger partial charge in [0, 0.05) is 13.0 Å². The molecule has 8 nitrogen and oxygen atoms in total. The zero-order valence-electron chi connectivity index (χ0n) is 26.3. The summed E-state index contributed by atoms with van der Waals surface area (Å²) in [5, 5.41) is 12.8. The van der Waals surface area contributed by atoms with Crippen molar-refractivity contribution in [1.29, 1.82) is 0 Å². The minimum absolute atomic E-state index is 0.0191. The van der Waals surface area contributed by atoms with Gasteiger partial charge < -0.3 is 24.8 Å². The molecule has 4 atom stereocenters. The molecular weight excluding hydrogens is 580 g/mol.